The molecule has 1 rings (SSSR count). The molecule has 19 heavy (non-hydrogen) atoms. The van der Waals surface area contributed by atoms with E-state index in [0.717, 1.165) is 30.3 Å². The fraction of sp³-hybridized carbons (Fsp3) is 0.562. The fourth-order valence-corrected chi connectivity index (χ4v) is 2.20. The Morgan fingerprint density at radius 2 is 1.89 bits per heavy atom. The first-order valence-corrected chi connectivity index (χ1v) is 7.64. The van der Waals surface area contributed by atoms with Gasteiger partial charge in [-0.25, -0.2) is 0 Å². The Kier molecular flexibility index (Phi) is 6.54. The predicted molar refractivity (Wildman–Crippen MR) is 83.8 cm³/mol. The summed E-state index contributed by atoms with van der Waals surface area (Å²) in [6, 6.07) is 11.1. The summed E-state index contributed by atoms with van der Waals surface area (Å²) in [4.78, 5) is 0. The van der Waals surface area contributed by atoms with Gasteiger partial charge in [-0.1, -0.05) is 34.5 Å². The molecule has 0 aromatic heterocycles. The Balaban J connectivity index is 2.23. The van der Waals surface area contributed by atoms with Crippen LogP contribution < -0.4 is 5.32 Å². The highest BCUT2D eigenvalue weighted by atomic mass is 79.9. The first-order chi connectivity index (χ1) is 8.94. The van der Waals surface area contributed by atoms with Crippen LogP contribution in [0.5, 0.6) is 0 Å². The van der Waals surface area contributed by atoms with Gasteiger partial charge in [-0.15, -0.1) is 0 Å². The smallest absolute Gasteiger partial charge is 0.0683 e. The Morgan fingerprint density at radius 3 is 2.47 bits per heavy atom. The molecule has 3 heteroatoms. The number of nitrogens with one attached hydrogen (secondary N) is 1. The van der Waals surface area contributed by atoms with Gasteiger partial charge in [0.15, 0.2) is 0 Å². The van der Waals surface area contributed by atoms with Gasteiger partial charge in [0.05, 0.1) is 11.5 Å². The Bertz CT molecular complexity index is 417. The van der Waals surface area contributed by atoms with E-state index in [2.05, 4.69) is 58.5 Å². The molecular formula is C16H23BrN2. The summed E-state index contributed by atoms with van der Waals surface area (Å²) in [5.74, 6) is 0. The molecule has 0 amide bonds. The topological polar surface area (TPSA) is 35.8 Å². The lowest BCUT2D eigenvalue weighted by atomic mass is 9.89. The summed E-state index contributed by atoms with van der Waals surface area (Å²) in [6.45, 7) is 7.19. The van der Waals surface area contributed by atoms with Crippen LogP contribution >= 0.6 is 15.9 Å². The van der Waals surface area contributed by atoms with Gasteiger partial charge in [0.2, 0.25) is 0 Å². The predicted octanol–water partition coefficient (Wildman–Crippen LogP) is 4.82. The minimum atomic E-state index is -0.183. The maximum absolute atomic E-state index is 8.94. The van der Waals surface area contributed by atoms with Gasteiger partial charge < -0.3 is 5.32 Å². The Hall–Kier alpha value is -0.850. The minimum absolute atomic E-state index is 0.183. The highest BCUT2D eigenvalue weighted by Crippen LogP contribution is 2.21. The Labute approximate surface area is 125 Å². The molecule has 0 bridgehead atoms. The molecule has 0 aliphatic rings. The summed E-state index contributed by atoms with van der Waals surface area (Å²) in [6.07, 6.45) is 3.18. The van der Waals surface area contributed by atoms with E-state index in [1.54, 1.807) is 0 Å². The number of benzene rings is 1. The second-order valence-electron chi connectivity index (χ2n) is 5.68. The number of halogens is 1. The van der Waals surface area contributed by atoms with Crippen LogP contribution in [0, 0.1) is 16.7 Å². The highest BCUT2D eigenvalue weighted by molar-refractivity contribution is 9.10. The molecule has 1 aromatic rings. The summed E-state index contributed by atoms with van der Waals surface area (Å²) in [5.41, 5.74) is 1.12. The van der Waals surface area contributed by atoms with Crippen molar-refractivity contribution in [2.45, 2.75) is 46.1 Å². The lowest BCUT2D eigenvalue weighted by molar-refractivity contribution is 0.418. The van der Waals surface area contributed by atoms with Gasteiger partial charge >= 0.3 is 0 Å². The van der Waals surface area contributed by atoms with Crippen molar-refractivity contribution in [2.24, 2.45) is 5.41 Å². The van der Waals surface area contributed by atoms with Crippen molar-refractivity contribution in [1.82, 2.24) is 5.32 Å². The van der Waals surface area contributed by atoms with Crippen LogP contribution in [-0.4, -0.2) is 6.54 Å². The van der Waals surface area contributed by atoms with Gasteiger partial charge in [0.1, 0.15) is 0 Å². The third-order valence-electron chi connectivity index (χ3n) is 3.35. The molecule has 0 aliphatic heterocycles. The van der Waals surface area contributed by atoms with Gasteiger partial charge in [-0.2, -0.15) is 5.26 Å². The molecule has 1 N–H and O–H groups in total. The molecule has 0 aliphatic carbocycles. The van der Waals surface area contributed by atoms with Gasteiger partial charge in [-0.3, -0.25) is 0 Å². The molecule has 0 saturated carbocycles. The lowest BCUT2D eigenvalue weighted by Crippen LogP contribution is -2.20. The molecule has 0 fully saturated rings. The van der Waals surface area contributed by atoms with E-state index in [9.17, 15) is 0 Å². The largest absolute Gasteiger partial charge is 0.310 e. The van der Waals surface area contributed by atoms with Crippen molar-refractivity contribution in [2.75, 3.05) is 6.54 Å². The van der Waals surface area contributed by atoms with Crippen molar-refractivity contribution in [1.29, 1.82) is 5.26 Å². The Morgan fingerprint density at radius 1 is 1.26 bits per heavy atom. The van der Waals surface area contributed by atoms with Crippen LogP contribution in [0.3, 0.4) is 0 Å². The van der Waals surface area contributed by atoms with E-state index in [1.807, 2.05) is 13.8 Å². The zero-order valence-corrected chi connectivity index (χ0v) is 13.6. The van der Waals surface area contributed by atoms with Gasteiger partial charge in [0, 0.05) is 10.5 Å². The third-order valence-corrected chi connectivity index (χ3v) is 3.88. The van der Waals surface area contributed by atoms with Crippen LogP contribution in [0.25, 0.3) is 0 Å². The van der Waals surface area contributed by atoms with Crippen molar-refractivity contribution in [3.05, 3.63) is 34.3 Å². The molecular weight excluding hydrogens is 300 g/mol. The molecule has 0 unspecified atom stereocenters. The fourth-order valence-electron chi connectivity index (χ4n) is 1.94. The van der Waals surface area contributed by atoms with E-state index in [4.69, 9.17) is 5.26 Å². The molecule has 1 aromatic carbocycles. The molecule has 0 spiro atoms. The second-order valence-corrected chi connectivity index (χ2v) is 6.60. The highest BCUT2D eigenvalue weighted by Gasteiger charge is 2.15. The second kappa shape index (κ2) is 7.67. The molecule has 1 atom stereocenters. The zero-order chi connectivity index (χ0) is 14.3. The zero-order valence-electron chi connectivity index (χ0n) is 12.0. The monoisotopic (exact) mass is 322 g/mol. The number of unbranched alkanes of at least 4 members (excludes halogenated alkanes) is 1. The normalized spacial score (nSPS) is 13.0. The lowest BCUT2D eigenvalue weighted by Gasteiger charge is -2.16. The molecule has 0 heterocycles. The van der Waals surface area contributed by atoms with Crippen molar-refractivity contribution < 1.29 is 0 Å². The number of nitriles is 1. The maximum atomic E-state index is 8.94. The molecule has 0 radical (unpaired) electrons. The summed E-state index contributed by atoms with van der Waals surface area (Å²) < 4.78 is 1.11. The van der Waals surface area contributed by atoms with Crippen LogP contribution in [-0.2, 0) is 0 Å². The van der Waals surface area contributed by atoms with E-state index < -0.39 is 0 Å². The summed E-state index contributed by atoms with van der Waals surface area (Å²) in [7, 11) is 0. The van der Waals surface area contributed by atoms with E-state index in [1.165, 1.54) is 5.56 Å². The van der Waals surface area contributed by atoms with Crippen molar-refractivity contribution >= 4 is 15.9 Å². The number of nitrogens with zero attached hydrogens (tertiary/aromatic N) is 1. The van der Waals surface area contributed by atoms with E-state index in [0.29, 0.717) is 6.04 Å². The number of rotatable bonds is 7. The number of hydrogen-bond acceptors (Lipinski definition) is 2. The summed E-state index contributed by atoms with van der Waals surface area (Å²) in [5, 5.41) is 12.5. The quantitative estimate of drug-likeness (QED) is 0.730. The maximum Gasteiger partial charge on any atom is 0.0683 e. The molecule has 104 valence electrons. The SMILES string of the molecule is C[C@H](NCCCCC(C)(C)C#N)c1ccc(Br)cc1. The molecule has 0 saturated heterocycles. The third kappa shape index (κ3) is 6.22. The first-order valence-electron chi connectivity index (χ1n) is 6.85. The van der Waals surface area contributed by atoms with Crippen LogP contribution in [0.2, 0.25) is 0 Å². The summed E-state index contributed by atoms with van der Waals surface area (Å²) >= 11 is 3.45. The minimum Gasteiger partial charge on any atom is -0.310 e. The average molecular weight is 323 g/mol. The first kappa shape index (κ1) is 16.2. The number of hydrogen-bond donors (Lipinski definition) is 1. The standard InChI is InChI=1S/C16H23BrN2/c1-13(14-6-8-15(17)9-7-14)19-11-5-4-10-16(2,3)12-18/h6-9,13,19H,4-5,10-11H2,1-3H3/t13-/m0/s1. The van der Waals surface area contributed by atoms with Gasteiger partial charge in [0.25, 0.3) is 0 Å². The van der Waals surface area contributed by atoms with Crippen LogP contribution in [0.15, 0.2) is 28.7 Å². The van der Waals surface area contributed by atoms with Gasteiger partial charge in [-0.05, 0) is 57.9 Å². The van der Waals surface area contributed by atoms with Crippen molar-refractivity contribution in [3.63, 3.8) is 0 Å². The molecule has 2 nitrogen and oxygen atoms in total. The van der Waals surface area contributed by atoms with E-state index in [-0.39, 0.29) is 5.41 Å². The van der Waals surface area contributed by atoms with Crippen molar-refractivity contribution in [3.8, 4) is 6.07 Å². The van der Waals surface area contributed by atoms with Crippen LogP contribution in [0.1, 0.15) is 51.6 Å². The van der Waals surface area contributed by atoms with Crippen LogP contribution in [0.4, 0.5) is 0 Å². The average Bonchev–Trinajstić information content (AvgIpc) is 2.39. The van der Waals surface area contributed by atoms with E-state index >= 15 is 0 Å².